The number of carbonyl (C=O) groups excluding carboxylic acids is 1. The van der Waals surface area contributed by atoms with Crippen LogP contribution in [0.25, 0.3) is 10.2 Å². The molecule has 0 unspecified atom stereocenters. The van der Waals surface area contributed by atoms with Crippen molar-refractivity contribution in [2.45, 2.75) is 69.5 Å². The van der Waals surface area contributed by atoms with E-state index in [9.17, 15) is 9.59 Å². The molecule has 5 nitrogen and oxygen atoms in total. The first kappa shape index (κ1) is 19.0. The summed E-state index contributed by atoms with van der Waals surface area (Å²) < 4.78 is 0. The maximum absolute atomic E-state index is 12.6. The van der Waals surface area contributed by atoms with Gasteiger partial charge in [0.05, 0.1) is 11.1 Å². The molecule has 0 aromatic carbocycles. The van der Waals surface area contributed by atoms with Crippen molar-refractivity contribution in [1.29, 1.82) is 0 Å². The number of thioether (sulfide) groups is 1. The summed E-state index contributed by atoms with van der Waals surface area (Å²) in [6, 6.07) is 0.354. The Bertz CT molecular complexity index is 896. The molecule has 0 atom stereocenters. The van der Waals surface area contributed by atoms with Crippen LogP contribution in [-0.4, -0.2) is 39.6 Å². The Labute approximate surface area is 167 Å². The molecule has 0 radical (unpaired) electrons. The van der Waals surface area contributed by atoms with Crippen LogP contribution in [0.15, 0.2) is 9.95 Å². The molecular formula is C20H27N3O2S2. The standard InChI is InChI=1S/C20H27N3O2S2/c1-12-7-9-13(10-8-12)23(2)16(24)11-26-20-21-18(25)17-14-5-3-4-6-15(14)27-19(17)22-20/h12-13H,3-11H2,1-2H3,(H,21,22,25). The van der Waals surface area contributed by atoms with Crippen LogP contribution in [0.4, 0.5) is 0 Å². The molecule has 146 valence electrons. The molecule has 1 fully saturated rings. The Hall–Kier alpha value is -1.34. The van der Waals surface area contributed by atoms with E-state index in [0.717, 1.165) is 48.2 Å². The van der Waals surface area contributed by atoms with Crippen LogP contribution in [0, 0.1) is 5.92 Å². The van der Waals surface area contributed by atoms with E-state index < -0.39 is 0 Å². The molecule has 1 N–H and O–H groups in total. The van der Waals surface area contributed by atoms with E-state index in [-0.39, 0.29) is 11.5 Å². The van der Waals surface area contributed by atoms with Gasteiger partial charge in [-0.05, 0) is 62.8 Å². The first-order valence-electron chi connectivity index (χ1n) is 9.96. The summed E-state index contributed by atoms with van der Waals surface area (Å²) in [7, 11) is 1.91. The first-order valence-corrected chi connectivity index (χ1v) is 11.8. The van der Waals surface area contributed by atoms with E-state index >= 15 is 0 Å². The smallest absolute Gasteiger partial charge is 0.260 e. The van der Waals surface area contributed by atoms with Crippen LogP contribution in [0.5, 0.6) is 0 Å². The molecule has 2 aromatic rings. The minimum absolute atomic E-state index is 0.0519. The van der Waals surface area contributed by atoms with Gasteiger partial charge < -0.3 is 9.88 Å². The van der Waals surface area contributed by atoms with Crippen LogP contribution < -0.4 is 5.56 Å². The van der Waals surface area contributed by atoms with E-state index in [1.807, 2.05) is 11.9 Å². The van der Waals surface area contributed by atoms with Crippen LogP contribution >= 0.6 is 23.1 Å². The topological polar surface area (TPSA) is 66.1 Å². The number of nitrogens with zero attached hydrogens (tertiary/aromatic N) is 2. The number of aryl methyl sites for hydroxylation is 2. The molecule has 2 heterocycles. The third kappa shape index (κ3) is 3.94. The minimum Gasteiger partial charge on any atom is -0.342 e. The number of amides is 1. The second-order valence-electron chi connectivity index (χ2n) is 7.97. The highest BCUT2D eigenvalue weighted by molar-refractivity contribution is 7.99. The highest BCUT2D eigenvalue weighted by Gasteiger charge is 2.25. The lowest BCUT2D eigenvalue weighted by Gasteiger charge is -2.33. The van der Waals surface area contributed by atoms with Gasteiger partial charge in [-0.3, -0.25) is 9.59 Å². The lowest BCUT2D eigenvalue weighted by molar-refractivity contribution is -0.129. The Balaban J connectivity index is 1.44. The van der Waals surface area contributed by atoms with Gasteiger partial charge in [-0.25, -0.2) is 4.98 Å². The zero-order valence-corrected chi connectivity index (χ0v) is 17.7. The molecule has 4 rings (SSSR count). The highest BCUT2D eigenvalue weighted by Crippen LogP contribution is 2.34. The number of carbonyl (C=O) groups is 1. The number of hydrogen-bond donors (Lipinski definition) is 1. The monoisotopic (exact) mass is 405 g/mol. The van der Waals surface area contributed by atoms with Crippen molar-refractivity contribution in [2.75, 3.05) is 12.8 Å². The number of H-pyrrole nitrogens is 1. The maximum Gasteiger partial charge on any atom is 0.260 e. The highest BCUT2D eigenvalue weighted by atomic mass is 32.2. The summed E-state index contributed by atoms with van der Waals surface area (Å²) in [5.41, 5.74) is 1.15. The van der Waals surface area contributed by atoms with Gasteiger partial charge in [0.2, 0.25) is 5.91 Å². The predicted octanol–water partition coefficient (Wildman–Crippen LogP) is 3.99. The summed E-state index contributed by atoms with van der Waals surface area (Å²) in [5.74, 6) is 1.21. The largest absolute Gasteiger partial charge is 0.342 e. The van der Waals surface area contributed by atoms with Gasteiger partial charge in [0.15, 0.2) is 5.16 Å². The van der Waals surface area contributed by atoms with Crippen molar-refractivity contribution in [3.8, 4) is 0 Å². The molecule has 1 saturated carbocycles. The zero-order valence-electron chi connectivity index (χ0n) is 16.0. The lowest BCUT2D eigenvalue weighted by atomic mass is 9.87. The van der Waals surface area contributed by atoms with Gasteiger partial charge in [-0.2, -0.15) is 0 Å². The average molecular weight is 406 g/mol. The Kier molecular flexibility index (Phi) is 5.60. The summed E-state index contributed by atoms with van der Waals surface area (Å²) in [6.45, 7) is 2.29. The number of fused-ring (bicyclic) bond motifs is 3. The molecule has 0 bridgehead atoms. The van der Waals surface area contributed by atoms with Crippen molar-refractivity contribution in [3.63, 3.8) is 0 Å². The number of hydrogen-bond acceptors (Lipinski definition) is 5. The normalized spacial score (nSPS) is 22.6. The van der Waals surface area contributed by atoms with Crippen molar-refractivity contribution < 1.29 is 4.79 Å². The maximum atomic E-state index is 12.6. The first-order chi connectivity index (χ1) is 13.0. The third-order valence-electron chi connectivity index (χ3n) is 6.06. The lowest BCUT2D eigenvalue weighted by Crippen LogP contribution is -2.40. The fourth-order valence-electron chi connectivity index (χ4n) is 4.28. The van der Waals surface area contributed by atoms with E-state index in [0.29, 0.717) is 17.0 Å². The molecule has 27 heavy (non-hydrogen) atoms. The third-order valence-corrected chi connectivity index (χ3v) is 8.11. The van der Waals surface area contributed by atoms with Crippen molar-refractivity contribution in [1.82, 2.24) is 14.9 Å². The second kappa shape index (κ2) is 7.95. The number of aromatic amines is 1. The van der Waals surface area contributed by atoms with Crippen molar-refractivity contribution >= 4 is 39.2 Å². The SMILES string of the molecule is CC1CCC(N(C)C(=O)CSc2nc3sc4c(c3c(=O)[nH]2)CCCC4)CC1. The zero-order chi connectivity index (χ0) is 19.0. The summed E-state index contributed by atoms with van der Waals surface area (Å²) in [6.07, 6.45) is 8.97. The summed E-state index contributed by atoms with van der Waals surface area (Å²) in [4.78, 5) is 36.8. The molecular weight excluding hydrogens is 378 g/mol. The Morgan fingerprint density at radius 3 is 2.78 bits per heavy atom. The molecule has 7 heteroatoms. The van der Waals surface area contributed by atoms with Crippen molar-refractivity contribution in [2.24, 2.45) is 5.92 Å². The van der Waals surface area contributed by atoms with Crippen LogP contribution in [0.2, 0.25) is 0 Å². The van der Waals surface area contributed by atoms with Gasteiger partial charge in [0.1, 0.15) is 4.83 Å². The molecule has 1 amide bonds. The van der Waals surface area contributed by atoms with E-state index in [1.54, 1.807) is 11.3 Å². The van der Waals surface area contributed by atoms with Gasteiger partial charge in [0.25, 0.3) is 5.56 Å². The van der Waals surface area contributed by atoms with Crippen molar-refractivity contribution in [3.05, 3.63) is 20.8 Å². The van der Waals surface area contributed by atoms with Gasteiger partial charge in [-0.15, -0.1) is 11.3 Å². The average Bonchev–Trinajstić information content (AvgIpc) is 3.05. The number of thiophene rings is 1. The minimum atomic E-state index is -0.0519. The van der Waals surface area contributed by atoms with E-state index in [2.05, 4.69) is 16.9 Å². The van der Waals surface area contributed by atoms with Crippen LogP contribution in [0.3, 0.4) is 0 Å². The molecule has 2 aliphatic carbocycles. The van der Waals surface area contributed by atoms with Crippen LogP contribution in [0.1, 0.15) is 55.9 Å². The number of aromatic nitrogens is 2. The van der Waals surface area contributed by atoms with Gasteiger partial charge >= 0.3 is 0 Å². The molecule has 0 aliphatic heterocycles. The van der Waals surface area contributed by atoms with E-state index in [4.69, 9.17) is 0 Å². The molecule has 2 aromatic heterocycles. The Morgan fingerprint density at radius 2 is 2.00 bits per heavy atom. The van der Waals surface area contributed by atoms with Gasteiger partial charge in [0, 0.05) is 18.0 Å². The summed E-state index contributed by atoms with van der Waals surface area (Å²) in [5, 5.41) is 1.34. The van der Waals surface area contributed by atoms with Crippen LogP contribution in [-0.2, 0) is 17.6 Å². The fourth-order valence-corrected chi connectivity index (χ4v) is 6.38. The predicted molar refractivity (Wildman–Crippen MR) is 112 cm³/mol. The second-order valence-corrected chi connectivity index (χ2v) is 10.0. The Morgan fingerprint density at radius 1 is 1.26 bits per heavy atom. The molecule has 0 saturated heterocycles. The molecule has 2 aliphatic rings. The fraction of sp³-hybridized carbons (Fsp3) is 0.650. The quantitative estimate of drug-likeness (QED) is 0.617. The molecule has 0 spiro atoms. The summed E-state index contributed by atoms with van der Waals surface area (Å²) >= 11 is 3.00. The number of rotatable bonds is 4. The van der Waals surface area contributed by atoms with E-state index in [1.165, 1.54) is 41.5 Å². The van der Waals surface area contributed by atoms with Gasteiger partial charge in [-0.1, -0.05) is 18.7 Å². The number of nitrogens with one attached hydrogen (secondary N) is 1.